The lowest BCUT2D eigenvalue weighted by Crippen LogP contribution is -2.30. The highest BCUT2D eigenvalue weighted by atomic mass is 16.6. The Labute approximate surface area is 390 Å². The SMILES string of the molecule is CCCCC/C=C/C/C=C/CCCCCCCC(=O)OC(COC(=O)CCCCCCC/C=C/CCCCCCCC)COC(=O)CCCCCCC/C=C/CCCCCCCC. The predicted octanol–water partition coefficient (Wildman–Crippen LogP) is 17.9. The maximum absolute atomic E-state index is 12.8. The number of hydrogen-bond acceptors (Lipinski definition) is 6. The van der Waals surface area contributed by atoms with E-state index in [1.807, 2.05) is 0 Å². The van der Waals surface area contributed by atoms with Crippen molar-refractivity contribution in [1.82, 2.24) is 0 Å². The van der Waals surface area contributed by atoms with Crippen LogP contribution in [0.5, 0.6) is 0 Å². The molecule has 0 saturated heterocycles. The molecule has 0 spiro atoms. The normalized spacial score (nSPS) is 11.9. The van der Waals surface area contributed by atoms with Crippen LogP contribution in [-0.4, -0.2) is 37.2 Å². The third-order valence-corrected chi connectivity index (χ3v) is 11.8. The van der Waals surface area contributed by atoms with E-state index in [1.165, 1.54) is 141 Å². The van der Waals surface area contributed by atoms with Gasteiger partial charge in [-0.25, -0.2) is 0 Å². The molecule has 0 aliphatic rings. The van der Waals surface area contributed by atoms with Crippen LogP contribution in [0.4, 0.5) is 0 Å². The van der Waals surface area contributed by atoms with Gasteiger partial charge in [-0.1, -0.05) is 204 Å². The second-order valence-corrected chi connectivity index (χ2v) is 18.1. The molecule has 6 heteroatoms. The molecular formula is C57H102O6. The molecule has 0 aromatic heterocycles. The van der Waals surface area contributed by atoms with E-state index in [0.717, 1.165) is 96.3 Å². The van der Waals surface area contributed by atoms with Gasteiger partial charge in [0.15, 0.2) is 6.10 Å². The summed E-state index contributed by atoms with van der Waals surface area (Å²) in [7, 11) is 0. The first-order chi connectivity index (χ1) is 31.0. The Kier molecular flexibility index (Phi) is 49.8. The Morgan fingerprint density at radius 1 is 0.317 bits per heavy atom. The highest BCUT2D eigenvalue weighted by Gasteiger charge is 2.19. The summed E-state index contributed by atoms with van der Waals surface area (Å²) in [5, 5.41) is 0. The van der Waals surface area contributed by atoms with E-state index in [1.54, 1.807) is 0 Å². The van der Waals surface area contributed by atoms with Crippen LogP contribution < -0.4 is 0 Å². The molecule has 0 fully saturated rings. The molecule has 63 heavy (non-hydrogen) atoms. The van der Waals surface area contributed by atoms with Crippen LogP contribution in [0.25, 0.3) is 0 Å². The highest BCUT2D eigenvalue weighted by molar-refractivity contribution is 5.71. The summed E-state index contributed by atoms with van der Waals surface area (Å²) in [6.07, 6.45) is 62.3. The first-order valence-electron chi connectivity index (χ1n) is 27.1. The summed E-state index contributed by atoms with van der Waals surface area (Å²) in [6, 6.07) is 0. The Balaban J connectivity index is 4.41. The van der Waals surface area contributed by atoms with E-state index in [9.17, 15) is 14.4 Å². The third-order valence-electron chi connectivity index (χ3n) is 11.8. The fraction of sp³-hybridized carbons (Fsp3) is 0.807. The number of allylic oxidation sites excluding steroid dienone is 8. The molecule has 0 aliphatic carbocycles. The van der Waals surface area contributed by atoms with Gasteiger partial charge in [-0.05, 0) is 103 Å². The standard InChI is InChI=1S/C57H102O6/c1-4-7-10-13-16-19-22-25-28-31-34-37-40-43-46-49-55(58)61-52-54(63-57(60)51-48-45-42-39-36-33-30-27-24-21-18-15-12-9-6-3)53-62-56(59)50-47-44-41-38-35-32-29-26-23-20-17-14-11-8-5-2/h18,21,25-30,54H,4-17,19-20,22-24,31-53H2,1-3H3/b21-18+,28-25+,29-26+,30-27+. The van der Waals surface area contributed by atoms with Gasteiger partial charge in [0.25, 0.3) is 0 Å². The van der Waals surface area contributed by atoms with Gasteiger partial charge in [-0.2, -0.15) is 0 Å². The Bertz CT molecular complexity index is 1050. The maximum Gasteiger partial charge on any atom is 0.306 e. The van der Waals surface area contributed by atoms with Gasteiger partial charge in [-0.3, -0.25) is 14.4 Å². The number of carbonyl (C=O) groups excluding carboxylic acids is 3. The molecular weight excluding hydrogens is 781 g/mol. The van der Waals surface area contributed by atoms with Crippen molar-refractivity contribution in [2.75, 3.05) is 13.2 Å². The maximum atomic E-state index is 12.8. The van der Waals surface area contributed by atoms with Crippen molar-refractivity contribution in [1.29, 1.82) is 0 Å². The lowest BCUT2D eigenvalue weighted by atomic mass is 10.1. The molecule has 0 aliphatic heterocycles. The molecule has 0 N–H and O–H groups in total. The molecule has 6 nitrogen and oxygen atoms in total. The number of esters is 3. The number of rotatable bonds is 49. The third kappa shape index (κ3) is 50.2. The van der Waals surface area contributed by atoms with Gasteiger partial charge in [0.2, 0.25) is 0 Å². The van der Waals surface area contributed by atoms with Gasteiger partial charge in [-0.15, -0.1) is 0 Å². The second kappa shape index (κ2) is 52.0. The highest BCUT2D eigenvalue weighted by Crippen LogP contribution is 2.14. The first-order valence-corrected chi connectivity index (χ1v) is 27.1. The van der Waals surface area contributed by atoms with Crippen molar-refractivity contribution in [3.8, 4) is 0 Å². The molecule has 0 heterocycles. The second-order valence-electron chi connectivity index (χ2n) is 18.1. The zero-order chi connectivity index (χ0) is 45.8. The summed E-state index contributed by atoms with van der Waals surface area (Å²) >= 11 is 0. The fourth-order valence-corrected chi connectivity index (χ4v) is 7.64. The number of carbonyl (C=O) groups is 3. The average Bonchev–Trinajstić information content (AvgIpc) is 3.28. The molecule has 0 rings (SSSR count). The quantitative estimate of drug-likeness (QED) is 0.0262. The topological polar surface area (TPSA) is 78.9 Å². The minimum atomic E-state index is -0.786. The first kappa shape index (κ1) is 60.4. The summed E-state index contributed by atoms with van der Waals surface area (Å²) in [4.78, 5) is 38.0. The van der Waals surface area contributed by atoms with Crippen molar-refractivity contribution in [2.45, 2.75) is 284 Å². The van der Waals surface area contributed by atoms with E-state index >= 15 is 0 Å². The van der Waals surface area contributed by atoms with Crippen molar-refractivity contribution < 1.29 is 28.6 Å². The molecule has 0 unspecified atom stereocenters. The van der Waals surface area contributed by atoms with Crippen molar-refractivity contribution >= 4 is 17.9 Å². The van der Waals surface area contributed by atoms with E-state index in [-0.39, 0.29) is 31.1 Å². The van der Waals surface area contributed by atoms with E-state index in [4.69, 9.17) is 14.2 Å². The average molecular weight is 883 g/mol. The van der Waals surface area contributed by atoms with Gasteiger partial charge in [0.05, 0.1) is 0 Å². The molecule has 0 atom stereocenters. The molecule has 366 valence electrons. The van der Waals surface area contributed by atoms with Crippen LogP contribution in [0, 0.1) is 0 Å². The van der Waals surface area contributed by atoms with Gasteiger partial charge in [0.1, 0.15) is 13.2 Å². The Hall–Kier alpha value is -2.63. The Morgan fingerprint density at radius 2 is 0.571 bits per heavy atom. The van der Waals surface area contributed by atoms with Crippen LogP contribution in [-0.2, 0) is 28.6 Å². The number of ether oxygens (including phenoxy) is 3. The van der Waals surface area contributed by atoms with Crippen LogP contribution >= 0.6 is 0 Å². The van der Waals surface area contributed by atoms with Gasteiger partial charge < -0.3 is 14.2 Å². The molecule has 0 radical (unpaired) electrons. The summed E-state index contributed by atoms with van der Waals surface area (Å²) in [5.41, 5.74) is 0. The summed E-state index contributed by atoms with van der Waals surface area (Å²) in [6.45, 7) is 6.59. The van der Waals surface area contributed by atoms with Crippen LogP contribution in [0.3, 0.4) is 0 Å². The molecule has 0 aromatic rings. The van der Waals surface area contributed by atoms with Gasteiger partial charge >= 0.3 is 17.9 Å². The lowest BCUT2D eigenvalue weighted by molar-refractivity contribution is -0.167. The van der Waals surface area contributed by atoms with Crippen LogP contribution in [0.15, 0.2) is 48.6 Å². The van der Waals surface area contributed by atoms with Crippen molar-refractivity contribution in [2.24, 2.45) is 0 Å². The number of hydrogen-bond donors (Lipinski definition) is 0. The van der Waals surface area contributed by atoms with Gasteiger partial charge in [0, 0.05) is 19.3 Å². The van der Waals surface area contributed by atoms with Crippen LogP contribution in [0.1, 0.15) is 278 Å². The number of unbranched alkanes of at least 4 members (excludes halogenated alkanes) is 30. The van der Waals surface area contributed by atoms with E-state index in [0.29, 0.717) is 19.3 Å². The smallest absolute Gasteiger partial charge is 0.306 e. The van der Waals surface area contributed by atoms with Crippen molar-refractivity contribution in [3.05, 3.63) is 48.6 Å². The lowest BCUT2D eigenvalue weighted by Gasteiger charge is -2.18. The van der Waals surface area contributed by atoms with E-state index in [2.05, 4.69) is 69.4 Å². The zero-order valence-electron chi connectivity index (χ0n) is 41.8. The van der Waals surface area contributed by atoms with E-state index < -0.39 is 6.10 Å². The fourth-order valence-electron chi connectivity index (χ4n) is 7.64. The minimum Gasteiger partial charge on any atom is -0.462 e. The molecule has 0 saturated carbocycles. The van der Waals surface area contributed by atoms with Crippen molar-refractivity contribution in [3.63, 3.8) is 0 Å². The van der Waals surface area contributed by atoms with Crippen LogP contribution in [0.2, 0.25) is 0 Å². The molecule has 0 amide bonds. The monoisotopic (exact) mass is 883 g/mol. The summed E-state index contributed by atoms with van der Waals surface area (Å²) < 4.78 is 16.8. The minimum absolute atomic E-state index is 0.0848. The predicted molar refractivity (Wildman–Crippen MR) is 270 cm³/mol. The molecule has 0 bridgehead atoms. The zero-order valence-corrected chi connectivity index (χ0v) is 41.8. The Morgan fingerprint density at radius 3 is 0.921 bits per heavy atom. The largest absolute Gasteiger partial charge is 0.462 e. The molecule has 0 aromatic carbocycles. The summed E-state index contributed by atoms with van der Waals surface area (Å²) in [5.74, 6) is -0.906.